The van der Waals surface area contributed by atoms with E-state index in [1.807, 2.05) is 0 Å². The minimum absolute atomic E-state index is 0. The van der Waals surface area contributed by atoms with Crippen LogP contribution in [0.1, 0.15) is 43.3 Å². The Kier molecular flexibility index (Phi) is 11.3. The number of aliphatic imine (C=N–C) groups is 1. The Morgan fingerprint density at radius 1 is 1.39 bits per heavy atom. The smallest absolute Gasteiger partial charge is 0.191 e. The summed E-state index contributed by atoms with van der Waals surface area (Å²) in [6.07, 6.45) is 6.09. The first-order valence-electron chi connectivity index (χ1n) is 8.32. The van der Waals surface area contributed by atoms with Gasteiger partial charge in [-0.3, -0.25) is 4.99 Å². The number of unbranched alkanes of at least 4 members (excludes halogenated alkanes) is 1. The van der Waals surface area contributed by atoms with Crippen molar-refractivity contribution in [2.45, 2.75) is 51.2 Å². The number of halogens is 1. The Labute approximate surface area is 165 Å². The number of rotatable bonds is 8. The summed E-state index contributed by atoms with van der Waals surface area (Å²) in [6, 6.07) is 0. The van der Waals surface area contributed by atoms with Gasteiger partial charge < -0.3 is 10.6 Å². The molecule has 1 fully saturated rings. The maximum absolute atomic E-state index is 4.72. The number of nitrogens with zero attached hydrogens (tertiary/aromatic N) is 2. The Hall–Kier alpha value is -0.0200. The highest BCUT2D eigenvalue weighted by molar-refractivity contribution is 14.0. The van der Waals surface area contributed by atoms with Crippen LogP contribution in [0.3, 0.4) is 0 Å². The van der Waals surface area contributed by atoms with E-state index in [1.54, 1.807) is 11.3 Å². The van der Waals surface area contributed by atoms with E-state index in [4.69, 9.17) is 4.99 Å². The molecule has 1 unspecified atom stereocenters. The van der Waals surface area contributed by atoms with Crippen LogP contribution < -0.4 is 10.6 Å². The second kappa shape index (κ2) is 12.4. The number of aromatic nitrogens is 1. The molecule has 2 N–H and O–H groups in total. The van der Waals surface area contributed by atoms with Gasteiger partial charge in [-0.15, -0.1) is 35.3 Å². The molecule has 0 saturated carbocycles. The average molecular weight is 468 g/mol. The predicted octanol–water partition coefficient (Wildman–Crippen LogP) is 3.84. The first kappa shape index (κ1) is 21.0. The minimum atomic E-state index is 0. The number of guanidine groups is 1. The zero-order valence-electron chi connectivity index (χ0n) is 14.1. The lowest BCUT2D eigenvalue weighted by Crippen LogP contribution is -2.38. The van der Waals surface area contributed by atoms with E-state index in [9.17, 15) is 0 Å². The van der Waals surface area contributed by atoms with Crippen LogP contribution in [0, 0.1) is 6.92 Å². The van der Waals surface area contributed by atoms with Gasteiger partial charge in [-0.1, -0.05) is 0 Å². The van der Waals surface area contributed by atoms with Crippen LogP contribution in [-0.4, -0.2) is 41.6 Å². The second-order valence-corrected chi connectivity index (χ2v) is 7.97. The van der Waals surface area contributed by atoms with Crippen LogP contribution in [-0.2, 0) is 6.42 Å². The van der Waals surface area contributed by atoms with E-state index in [0.29, 0.717) is 0 Å². The van der Waals surface area contributed by atoms with E-state index in [0.717, 1.165) is 49.4 Å². The lowest BCUT2D eigenvalue weighted by molar-refractivity contribution is 0.690. The maximum atomic E-state index is 4.72. The Morgan fingerprint density at radius 3 is 2.91 bits per heavy atom. The van der Waals surface area contributed by atoms with E-state index in [1.165, 1.54) is 30.0 Å². The monoisotopic (exact) mass is 468 g/mol. The molecule has 1 aromatic heterocycles. The lowest BCUT2D eigenvalue weighted by Gasteiger charge is -2.12. The molecule has 1 aliphatic heterocycles. The largest absolute Gasteiger partial charge is 0.357 e. The molecule has 2 rings (SSSR count). The van der Waals surface area contributed by atoms with Crippen molar-refractivity contribution in [1.29, 1.82) is 0 Å². The number of nitrogens with one attached hydrogen (secondary N) is 2. The highest BCUT2D eigenvalue weighted by atomic mass is 127. The molecular weight excluding hydrogens is 439 g/mol. The molecule has 0 spiro atoms. The molecule has 23 heavy (non-hydrogen) atoms. The zero-order valence-corrected chi connectivity index (χ0v) is 18.1. The summed E-state index contributed by atoms with van der Waals surface area (Å²) in [7, 11) is 0. The number of thiazole rings is 1. The Bertz CT molecular complexity index is 459. The van der Waals surface area contributed by atoms with Gasteiger partial charge in [0.2, 0.25) is 0 Å². The molecular formula is C16H29IN4S2. The topological polar surface area (TPSA) is 49.3 Å². The Balaban J connectivity index is 0.00000264. The number of hydrogen-bond acceptors (Lipinski definition) is 4. The molecule has 0 amide bonds. The molecule has 4 nitrogen and oxygen atoms in total. The summed E-state index contributed by atoms with van der Waals surface area (Å²) in [4.78, 5) is 9.22. The van der Waals surface area contributed by atoms with Crippen molar-refractivity contribution >= 4 is 53.0 Å². The highest BCUT2D eigenvalue weighted by Gasteiger charge is 2.14. The van der Waals surface area contributed by atoms with Crippen molar-refractivity contribution in [3.8, 4) is 0 Å². The van der Waals surface area contributed by atoms with E-state index in [-0.39, 0.29) is 24.0 Å². The van der Waals surface area contributed by atoms with E-state index >= 15 is 0 Å². The third-order valence-electron chi connectivity index (χ3n) is 3.60. The fourth-order valence-corrected chi connectivity index (χ4v) is 4.45. The first-order chi connectivity index (χ1) is 10.8. The average Bonchev–Trinajstić information content (AvgIpc) is 3.16. The van der Waals surface area contributed by atoms with Crippen molar-refractivity contribution in [2.24, 2.45) is 4.99 Å². The lowest BCUT2D eigenvalue weighted by atomic mass is 10.2. The highest BCUT2D eigenvalue weighted by Crippen LogP contribution is 2.25. The molecule has 0 aromatic carbocycles. The molecule has 2 heterocycles. The van der Waals surface area contributed by atoms with Crippen LogP contribution in [0.15, 0.2) is 10.4 Å². The molecule has 132 valence electrons. The molecule has 1 aliphatic rings. The summed E-state index contributed by atoms with van der Waals surface area (Å²) in [6.45, 7) is 7.02. The molecule has 1 atom stereocenters. The third kappa shape index (κ3) is 8.58. The van der Waals surface area contributed by atoms with Crippen LogP contribution in [0.4, 0.5) is 0 Å². The van der Waals surface area contributed by atoms with Gasteiger partial charge >= 0.3 is 0 Å². The molecule has 1 saturated heterocycles. The van der Waals surface area contributed by atoms with Crippen LogP contribution >= 0.6 is 47.1 Å². The second-order valence-electron chi connectivity index (χ2n) is 5.62. The van der Waals surface area contributed by atoms with Crippen LogP contribution in [0.5, 0.6) is 0 Å². The van der Waals surface area contributed by atoms with Crippen molar-refractivity contribution in [1.82, 2.24) is 15.6 Å². The molecule has 0 aliphatic carbocycles. The van der Waals surface area contributed by atoms with Gasteiger partial charge in [0, 0.05) is 29.4 Å². The van der Waals surface area contributed by atoms with Crippen LogP contribution in [0.2, 0.25) is 0 Å². The SMILES string of the molecule is CCNC(=NCC1CCCS1)NCCCCc1nc(C)cs1.I. The van der Waals surface area contributed by atoms with Gasteiger partial charge in [0.15, 0.2) is 5.96 Å². The van der Waals surface area contributed by atoms with Crippen molar-refractivity contribution in [3.63, 3.8) is 0 Å². The fraction of sp³-hybridized carbons (Fsp3) is 0.750. The molecule has 0 radical (unpaired) electrons. The van der Waals surface area contributed by atoms with Crippen molar-refractivity contribution in [2.75, 3.05) is 25.4 Å². The Morgan fingerprint density at radius 2 is 2.26 bits per heavy atom. The van der Waals surface area contributed by atoms with Gasteiger partial charge in [0.1, 0.15) is 0 Å². The van der Waals surface area contributed by atoms with Crippen molar-refractivity contribution < 1.29 is 0 Å². The summed E-state index contributed by atoms with van der Waals surface area (Å²) in [5.74, 6) is 2.28. The number of hydrogen-bond donors (Lipinski definition) is 2. The standard InChI is InChI=1S/C16H28N4S2.HI/c1-3-17-16(19-11-14-7-6-10-21-14)18-9-5-4-8-15-20-13(2)12-22-15;/h12,14H,3-11H2,1-2H3,(H2,17,18,19);1H. The van der Waals surface area contributed by atoms with E-state index in [2.05, 4.69) is 46.6 Å². The van der Waals surface area contributed by atoms with Gasteiger partial charge in [0.25, 0.3) is 0 Å². The maximum Gasteiger partial charge on any atom is 0.191 e. The normalized spacial score (nSPS) is 17.8. The minimum Gasteiger partial charge on any atom is -0.357 e. The fourth-order valence-electron chi connectivity index (χ4n) is 2.45. The zero-order chi connectivity index (χ0) is 15.6. The third-order valence-corrected chi connectivity index (χ3v) is 6.00. The van der Waals surface area contributed by atoms with Gasteiger partial charge in [-0.25, -0.2) is 4.98 Å². The number of thioether (sulfide) groups is 1. The summed E-state index contributed by atoms with van der Waals surface area (Å²) in [5.41, 5.74) is 1.14. The van der Waals surface area contributed by atoms with Gasteiger partial charge in [-0.2, -0.15) is 11.8 Å². The summed E-state index contributed by atoms with van der Waals surface area (Å²) >= 11 is 3.84. The molecule has 1 aromatic rings. The van der Waals surface area contributed by atoms with Gasteiger partial charge in [0.05, 0.1) is 11.6 Å². The summed E-state index contributed by atoms with van der Waals surface area (Å²) in [5, 5.41) is 10.9. The predicted molar refractivity (Wildman–Crippen MR) is 115 cm³/mol. The first-order valence-corrected chi connectivity index (χ1v) is 10.3. The van der Waals surface area contributed by atoms with Gasteiger partial charge in [-0.05, 0) is 51.7 Å². The number of aryl methyl sites for hydroxylation is 2. The molecule has 0 bridgehead atoms. The summed E-state index contributed by atoms with van der Waals surface area (Å²) < 4.78 is 0. The van der Waals surface area contributed by atoms with Crippen molar-refractivity contribution in [3.05, 3.63) is 16.1 Å². The van der Waals surface area contributed by atoms with E-state index < -0.39 is 0 Å². The molecule has 7 heteroatoms. The quantitative estimate of drug-likeness (QED) is 0.264. The van der Waals surface area contributed by atoms with Crippen LogP contribution in [0.25, 0.3) is 0 Å².